The molecule has 1 heterocycles. The fourth-order valence-electron chi connectivity index (χ4n) is 3.30. The average Bonchev–Trinajstić information content (AvgIpc) is 3.10. The van der Waals surface area contributed by atoms with Crippen molar-refractivity contribution in [2.24, 2.45) is 0 Å². The summed E-state index contributed by atoms with van der Waals surface area (Å²) in [6.07, 6.45) is 8.42. The van der Waals surface area contributed by atoms with Crippen LogP contribution in [0.3, 0.4) is 0 Å². The van der Waals surface area contributed by atoms with E-state index in [0.29, 0.717) is 11.3 Å². The lowest BCUT2D eigenvalue weighted by Gasteiger charge is -2.18. The number of carbonyl (C=O) groups is 2. The third-order valence-electron chi connectivity index (χ3n) is 4.87. The minimum Gasteiger partial charge on any atom is -0.497 e. The van der Waals surface area contributed by atoms with Crippen LogP contribution in [0.5, 0.6) is 5.75 Å². The van der Waals surface area contributed by atoms with E-state index < -0.39 is 0 Å². The number of hydrogen-bond acceptors (Lipinski definition) is 4. The lowest BCUT2D eigenvalue weighted by molar-refractivity contribution is -0.118. The molecule has 0 saturated heterocycles. The van der Waals surface area contributed by atoms with Crippen LogP contribution >= 0.6 is 11.3 Å². The molecule has 0 spiro atoms. The summed E-state index contributed by atoms with van der Waals surface area (Å²) < 4.78 is 5.13. The van der Waals surface area contributed by atoms with Gasteiger partial charge in [0.1, 0.15) is 11.4 Å². The van der Waals surface area contributed by atoms with Crippen molar-refractivity contribution < 1.29 is 14.3 Å². The predicted molar refractivity (Wildman–Crippen MR) is 112 cm³/mol. The topological polar surface area (TPSA) is 67.4 Å². The Hall–Kier alpha value is -2.60. The van der Waals surface area contributed by atoms with Crippen molar-refractivity contribution in [2.45, 2.75) is 44.6 Å². The molecule has 1 fully saturated rings. The molecule has 0 aliphatic heterocycles. The summed E-state index contributed by atoms with van der Waals surface area (Å²) in [7, 11) is 1.58. The van der Waals surface area contributed by atoms with Crippen molar-refractivity contribution in [3.8, 4) is 5.75 Å². The Labute approximate surface area is 169 Å². The predicted octanol–water partition coefficient (Wildman–Crippen LogP) is 4.37. The average molecular weight is 399 g/mol. The van der Waals surface area contributed by atoms with Gasteiger partial charge in [-0.1, -0.05) is 31.7 Å². The summed E-state index contributed by atoms with van der Waals surface area (Å²) >= 11 is 1.52. The molecule has 28 heavy (non-hydrogen) atoms. The van der Waals surface area contributed by atoms with Crippen molar-refractivity contribution in [2.75, 3.05) is 7.11 Å². The summed E-state index contributed by atoms with van der Waals surface area (Å²) in [5, 5.41) is 7.84. The van der Waals surface area contributed by atoms with Crippen LogP contribution in [-0.2, 0) is 4.79 Å². The van der Waals surface area contributed by atoms with Crippen molar-refractivity contribution >= 4 is 29.2 Å². The fourth-order valence-corrected chi connectivity index (χ4v) is 3.96. The Morgan fingerprint density at radius 1 is 1.07 bits per heavy atom. The molecular formula is C22H26N2O3S. The first-order chi connectivity index (χ1) is 13.7. The van der Waals surface area contributed by atoms with E-state index in [1.165, 1.54) is 24.2 Å². The molecule has 2 N–H and O–H groups in total. The molecule has 1 aliphatic carbocycles. The van der Waals surface area contributed by atoms with E-state index in [1.807, 2.05) is 17.5 Å². The smallest absolute Gasteiger partial charge is 0.268 e. The van der Waals surface area contributed by atoms with Gasteiger partial charge in [0.05, 0.1) is 7.11 Å². The second kappa shape index (κ2) is 10.1. The molecule has 5 nitrogen and oxygen atoms in total. The Balaban J connectivity index is 1.74. The third kappa shape index (κ3) is 5.70. The third-order valence-corrected chi connectivity index (χ3v) is 5.68. The van der Waals surface area contributed by atoms with Crippen LogP contribution in [0.15, 0.2) is 47.5 Å². The highest BCUT2D eigenvalue weighted by atomic mass is 32.1. The number of nitrogens with one attached hydrogen (secondary N) is 2. The van der Waals surface area contributed by atoms with Crippen molar-refractivity contribution in [1.29, 1.82) is 0 Å². The molecule has 0 atom stereocenters. The SMILES string of the molecule is COc1ccc(C(=O)N/C(=C\c2cccs2)C(=O)NC2CCCCCC2)cc1. The maximum Gasteiger partial charge on any atom is 0.268 e. The van der Waals surface area contributed by atoms with Crippen LogP contribution < -0.4 is 15.4 Å². The Morgan fingerprint density at radius 2 is 1.79 bits per heavy atom. The van der Waals surface area contributed by atoms with Crippen molar-refractivity contribution in [3.63, 3.8) is 0 Å². The zero-order valence-corrected chi connectivity index (χ0v) is 16.9. The molecular weight excluding hydrogens is 372 g/mol. The van der Waals surface area contributed by atoms with E-state index in [-0.39, 0.29) is 23.6 Å². The Bertz CT molecular complexity index is 805. The molecule has 1 aliphatic rings. The second-order valence-corrected chi connectivity index (χ2v) is 7.90. The van der Waals surface area contributed by atoms with Gasteiger partial charge in [-0.05, 0) is 54.6 Å². The molecule has 1 saturated carbocycles. The number of thiophene rings is 1. The first-order valence-corrected chi connectivity index (χ1v) is 10.5. The van der Waals surface area contributed by atoms with Crippen molar-refractivity contribution in [3.05, 3.63) is 57.9 Å². The van der Waals surface area contributed by atoms with E-state index in [0.717, 1.165) is 30.6 Å². The van der Waals surface area contributed by atoms with Crippen LogP contribution in [0, 0.1) is 0 Å². The second-order valence-electron chi connectivity index (χ2n) is 6.92. The van der Waals surface area contributed by atoms with Gasteiger partial charge in [-0.15, -0.1) is 11.3 Å². The molecule has 1 aromatic carbocycles. The summed E-state index contributed by atoms with van der Waals surface area (Å²) in [5.41, 5.74) is 0.743. The monoisotopic (exact) mass is 398 g/mol. The lowest BCUT2D eigenvalue weighted by atomic mass is 10.1. The molecule has 0 radical (unpaired) electrons. The summed E-state index contributed by atoms with van der Waals surface area (Å²) in [6.45, 7) is 0. The summed E-state index contributed by atoms with van der Waals surface area (Å²) in [5.74, 6) is 0.126. The van der Waals surface area contributed by atoms with Gasteiger partial charge >= 0.3 is 0 Å². The maximum atomic E-state index is 12.9. The molecule has 0 unspecified atom stereocenters. The molecule has 3 rings (SSSR count). The molecule has 2 aromatic rings. The highest BCUT2D eigenvalue weighted by Gasteiger charge is 2.19. The van der Waals surface area contributed by atoms with Gasteiger partial charge in [-0.3, -0.25) is 9.59 Å². The largest absolute Gasteiger partial charge is 0.497 e. The van der Waals surface area contributed by atoms with Gasteiger partial charge in [0.2, 0.25) is 0 Å². The van der Waals surface area contributed by atoms with Crippen molar-refractivity contribution in [1.82, 2.24) is 10.6 Å². The van der Waals surface area contributed by atoms with Gasteiger partial charge in [0.15, 0.2) is 0 Å². The van der Waals surface area contributed by atoms with Gasteiger partial charge in [0.25, 0.3) is 11.8 Å². The fraction of sp³-hybridized carbons (Fsp3) is 0.364. The number of carbonyl (C=O) groups excluding carboxylic acids is 2. The molecule has 0 bridgehead atoms. The van der Waals surface area contributed by atoms with E-state index in [2.05, 4.69) is 10.6 Å². The van der Waals surface area contributed by atoms with Gasteiger partial charge in [-0.25, -0.2) is 0 Å². The number of methoxy groups -OCH3 is 1. The van der Waals surface area contributed by atoms with Crippen LogP contribution in [-0.4, -0.2) is 25.0 Å². The molecule has 6 heteroatoms. The Morgan fingerprint density at radius 3 is 2.39 bits per heavy atom. The van der Waals surface area contributed by atoms with Gasteiger partial charge < -0.3 is 15.4 Å². The van der Waals surface area contributed by atoms with Crippen LogP contribution in [0.25, 0.3) is 6.08 Å². The first-order valence-electron chi connectivity index (χ1n) is 9.67. The summed E-state index contributed by atoms with van der Waals surface area (Å²) in [6, 6.07) is 10.8. The van der Waals surface area contributed by atoms with Gasteiger partial charge in [-0.2, -0.15) is 0 Å². The highest BCUT2D eigenvalue weighted by Crippen LogP contribution is 2.19. The number of amides is 2. The van der Waals surface area contributed by atoms with E-state index in [9.17, 15) is 9.59 Å². The maximum absolute atomic E-state index is 12.9. The number of ether oxygens (including phenoxy) is 1. The van der Waals surface area contributed by atoms with Gasteiger partial charge in [0, 0.05) is 16.5 Å². The van der Waals surface area contributed by atoms with Crippen LogP contribution in [0.4, 0.5) is 0 Å². The standard InChI is InChI=1S/C22H26N2O3S/c1-27-18-12-10-16(11-13-18)21(25)24-20(15-19-9-6-14-28-19)22(26)23-17-7-4-2-3-5-8-17/h6,9-15,17H,2-5,7-8H2,1H3,(H,23,26)(H,24,25)/b20-15-. The molecule has 2 amide bonds. The summed E-state index contributed by atoms with van der Waals surface area (Å²) in [4.78, 5) is 26.5. The first kappa shape index (κ1) is 20.1. The zero-order chi connectivity index (χ0) is 19.8. The number of benzene rings is 1. The Kier molecular flexibility index (Phi) is 7.25. The van der Waals surface area contributed by atoms with Crippen LogP contribution in [0.1, 0.15) is 53.8 Å². The number of rotatable bonds is 6. The quantitative estimate of drug-likeness (QED) is 0.561. The minimum atomic E-state index is -0.318. The molecule has 1 aromatic heterocycles. The lowest BCUT2D eigenvalue weighted by Crippen LogP contribution is -2.40. The normalized spacial score (nSPS) is 15.5. The number of hydrogen-bond donors (Lipinski definition) is 2. The highest BCUT2D eigenvalue weighted by molar-refractivity contribution is 7.10. The zero-order valence-electron chi connectivity index (χ0n) is 16.1. The van der Waals surface area contributed by atoms with E-state index in [4.69, 9.17) is 4.74 Å². The van der Waals surface area contributed by atoms with Crippen LogP contribution in [0.2, 0.25) is 0 Å². The minimum absolute atomic E-state index is 0.166. The van der Waals surface area contributed by atoms with E-state index in [1.54, 1.807) is 37.5 Å². The molecule has 148 valence electrons. The van der Waals surface area contributed by atoms with E-state index >= 15 is 0 Å².